The molecule has 1 aromatic heterocycles. The molecule has 5 rings (SSSR count). The number of halogens is 1. The largest absolute Gasteiger partial charge is 0.744 e. The van der Waals surface area contributed by atoms with E-state index in [2.05, 4.69) is 98.7 Å². The first-order valence-corrected chi connectivity index (χ1v) is 13.7. The van der Waals surface area contributed by atoms with Crippen molar-refractivity contribution in [1.29, 1.82) is 0 Å². The number of benzene rings is 3. The van der Waals surface area contributed by atoms with Crippen molar-refractivity contribution in [1.82, 2.24) is 0 Å². The molecule has 7 heteroatoms. The van der Waals surface area contributed by atoms with Gasteiger partial charge in [-0.05, 0) is 64.8 Å². The average molecular weight is 574 g/mol. The molecule has 2 heterocycles. The van der Waals surface area contributed by atoms with Crippen molar-refractivity contribution in [3.05, 3.63) is 151 Å². The maximum Gasteiger partial charge on any atom is 0.210 e. The Morgan fingerprint density at radius 3 is 1.86 bits per heavy atom. The van der Waals surface area contributed by atoms with Crippen molar-refractivity contribution in [2.75, 3.05) is 4.90 Å². The van der Waals surface area contributed by atoms with Gasteiger partial charge in [0.05, 0.1) is 4.90 Å². The highest BCUT2D eigenvalue weighted by atomic mass is 79.9. The number of hydrogen-bond donors (Lipinski definition) is 0. The molecule has 4 aromatic rings. The van der Waals surface area contributed by atoms with Crippen LogP contribution >= 0.6 is 15.9 Å². The van der Waals surface area contributed by atoms with E-state index in [-0.39, 0.29) is 4.90 Å². The van der Waals surface area contributed by atoms with E-state index in [0.29, 0.717) is 0 Å². The summed E-state index contributed by atoms with van der Waals surface area (Å²) in [6.45, 7) is 1.82. The summed E-state index contributed by atoms with van der Waals surface area (Å²) >= 11 is 3.75. The van der Waals surface area contributed by atoms with Crippen LogP contribution in [0, 0.1) is 6.92 Å². The summed E-state index contributed by atoms with van der Waals surface area (Å²) in [5.41, 5.74) is 5.53. The van der Waals surface area contributed by atoms with Crippen molar-refractivity contribution in [3.8, 4) is 5.69 Å². The zero-order valence-corrected chi connectivity index (χ0v) is 22.5. The normalized spacial score (nSPS) is 12.6. The minimum absolute atomic E-state index is 0.178. The minimum atomic E-state index is -4.27. The molecule has 5 nitrogen and oxygen atoms in total. The summed E-state index contributed by atoms with van der Waals surface area (Å²) in [5, 5.41) is 0. The molecule has 0 radical (unpaired) electrons. The molecule has 0 spiro atoms. The summed E-state index contributed by atoms with van der Waals surface area (Å²) in [5.74, 6) is 0. The zero-order valence-electron chi connectivity index (χ0n) is 20.1. The van der Waals surface area contributed by atoms with Crippen LogP contribution in [-0.2, 0) is 10.1 Å². The minimum Gasteiger partial charge on any atom is -0.744 e. The number of nitrogens with zero attached hydrogens (tertiary/aromatic N) is 2. The molecule has 0 fully saturated rings. The lowest BCUT2D eigenvalue weighted by Gasteiger charge is -2.19. The van der Waals surface area contributed by atoms with Gasteiger partial charge < -0.3 is 9.45 Å². The first-order valence-electron chi connectivity index (χ1n) is 11.5. The number of para-hydroxylation sites is 2. The number of allylic oxidation sites excluding steroid dienone is 3. The predicted molar refractivity (Wildman–Crippen MR) is 150 cm³/mol. The van der Waals surface area contributed by atoms with E-state index in [1.807, 2.05) is 43.3 Å². The predicted octanol–water partition coefficient (Wildman–Crippen LogP) is 6.52. The van der Waals surface area contributed by atoms with Crippen LogP contribution in [0.1, 0.15) is 11.1 Å². The summed E-state index contributed by atoms with van der Waals surface area (Å²) in [4.78, 5) is 1.93. The Bertz CT molecular complexity index is 1510. The molecule has 1 aliphatic heterocycles. The van der Waals surface area contributed by atoms with Crippen LogP contribution in [-0.4, -0.2) is 13.0 Å². The van der Waals surface area contributed by atoms with Gasteiger partial charge in [0, 0.05) is 52.4 Å². The Labute approximate surface area is 226 Å². The number of pyridine rings is 1. The number of aryl methyl sites for hydroxylation is 1. The van der Waals surface area contributed by atoms with Gasteiger partial charge in [0.2, 0.25) is 5.69 Å². The molecule has 0 atom stereocenters. The van der Waals surface area contributed by atoms with Crippen LogP contribution in [0.5, 0.6) is 0 Å². The first kappa shape index (κ1) is 26.3. The standard InChI is InChI=1S/C23H18BrN2.C7H8O3S/c24-23(19-11-15-25(16-12-19)21-7-3-1-4-8-21)20-13-17-26(18-14-20)22-9-5-2-6-10-22;1-6-2-4-7(5-3-6)11(8,9)10/h1-18H;2-5H,1H3,(H,8,9,10)/q+1;/p-1. The van der Waals surface area contributed by atoms with Gasteiger partial charge in [0.1, 0.15) is 10.1 Å². The van der Waals surface area contributed by atoms with Gasteiger partial charge in [-0.15, -0.1) is 0 Å². The third kappa shape index (κ3) is 7.13. The van der Waals surface area contributed by atoms with Crippen molar-refractivity contribution in [2.24, 2.45) is 0 Å². The molecule has 0 N–H and O–H groups in total. The molecule has 0 saturated carbocycles. The van der Waals surface area contributed by atoms with Crippen molar-refractivity contribution < 1.29 is 17.5 Å². The molecule has 37 heavy (non-hydrogen) atoms. The van der Waals surface area contributed by atoms with Crippen LogP contribution < -0.4 is 9.47 Å². The van der Waals surface area contributed by atoms with Gasteiger partial charge in [-0.25, -0.2) is 8.42 Å². The molecule has 186 valence electrons. The first-order chi connectivity index (χ1) is 17.8. The maximum atomic E-state index is 10.4. The highest BCUT2D eigenvalue weighted by Gasteiger charge is 2.10. The van der Waals surface area contributed by atoms with Gasteiger partial charge in [-0.2, -0.15) is 4.57 Å². The third-order valence-electron chi connectivity index (χ3n) is 5.58. The Kier molecular flexibility index (Phi) is 8.50. The van der Waals surface area contributed by atoms with E-state index in [1.165, 1.54) is 12.1 Å². The van der Waals surface area contributed by atoms with Crippen molar-refractivity contribution >= 4 is 36.2 Å². The molecule has 1 aliphatic rings. The Morgan fingerprint density at radius 2 is 1.32 bits per heavy atom. The van der Waals surface area contributed by atoms with Crippen molar-refractivity contribution in [2.45, 2.75) is 11.8 Å². The quantitative estimate of drug-likeness (QED) is 0.206. The zero-order chi connectivity index (χ0) is 26.3. The second kappa shape index (κ2) is 12.0. The fraction of sp³-hybridized carbons (Fsp3) is 0.0333. The lowest BCUT2D eigenvalue weighted by molar-refractivity contribution is -0.595. The number of rotatable bonds is 4. The van der Waals surface area contributed by atoms with Gasteiger partial charge in [0.25, 0.3) is 0 Å². The number of anilines is 1. The van der Waals surface area contributed by atoms with Crippen LogP contribution in [0.4, 0.5) is 5.69 Å². The lowest BCUT2D eigenvalue weighted by atomic mass is 10.1. The van der Waals surface area contributed by atoms with Crippen LogP contribution in [0.25, 0.3) is 10.2 Å². The highest BCUT2D eigenvalue weighted by Crippen LogP contribution is 2.29. The van der Waals surface area contributed by atoms with Gasteiger partial charge >= 0.3 is 0 Å². The Balaban J connectivity index is 0.000000245. The average Bonchev–Trinajstić information content (AvgIpc) is 2.94. The van der Waals surface area contributed by atoms with E-state index < -0.39 is 10.1 Å². The second-order valence-corrected chi connectivity index (χ2v) is 10.4. The van der Waals surface area contributed by atoms with Crippen LogP contribution in [0.15, 0.2) is 144 Å². The van der Waals surface area contributed by atoms with Crippen LogP contribution in [0.2, 0.25) is 0 Å². The maximum absolute atomic E-state index is 10.4. The summed E-state index contributed by atoms with van der Waals surface area (Å²) in [6.07, 6.45) is 12.6. The fourth-order valence-electron chi connectivity index (χ4n) is 3.56. The molecule has 0 bridgehead atoms. The lowest BCUT2D eigenvalue weighted by Crippen LogP contribution is -2.29. The van der Waals surface area contributed by atoms with Gasteiger partial charge in [-0.3, -0.25) is 0 Å². The summed E-state index contributed by atoms with van der Waals surface area (Å²) in [6, 6.07) is 30.6. The van der Waals surface area contributed by atoms with E-state index in [0.717, 1.165) is 32.6 Å². The van der Waals surface area contributed by atoms with Crippen molar-refractivity contribution in [3.63, 3.8) is 0 Å². The molecule has 3 aromatic carbocycles. The molecule has 0 saturated heterocycles. The van der Waals surface area contributed by atoms with Gasteiger partial charge in [-0.1, -0.05) is 54.1 Å². The molecule has 0 amide bonds. The topological polar surface area (TPSA) is 64.3 Å². The highest BCUT2D eigenvalue weighted by molar-refractivity contribution is 9.15. The Morgan fingerprint density at radius 1 is 0.784 bits per heavy atom. The molecular weight excluding hydrogens is 548 g/mol. The Hall–Kier alpha value is -3.78. The van der Waals surface area contributed by atoms with E-state index in [4.69, 9.17) is 0 Å². The van der Waals surface area contributed by atoms with E-state index in [1.54, 1.807) is 12.1 Å². The number of aromatic nitrogens is 1. The second-order valence-electron chi connectivity index (χ2n) is 8.24. The third-order valence-corrected chi connectivity index (χ3v) is 7.35. The SMILES string of the molecule is BrC(=C1C=CN(c2ccccc2)C=C1)c1cc[n+](-c2ccccc2)cc1.Cc1ccc(S(=O)(=O)[O-])cc1. The monoisotopic (exact) mass is 572 g/mol. The summed E-state index contributed by atoms with van der Waals surface area (Å²) < 4.78 is 34.4. The molecule has 0 unspecified atom stereocenters. The van der Waals surface area contributed by atoms with E-state index in [9.17, 15) is 13.0 Å². The number of hydrogen-bond acceptors (Lipinski definition) is 4. The van der Waals surface area contributed by atoms with E-state index >= 15 is 0 Å². The van der Waals surface area contributed by atoms with Gasteiger partial charge in [0.15, 0.2) is 12.4 Å². The summed E-state index contributed by atoms with van der Waals surface area (Å²) in [7, 11) is -4.27. The smallest absolute Gasteiger partial charge is 0.210 e. The fourth-order valence-corrected chi connectivity index (χ4v) is 4.56. The molecule has 0 aliphatic carbocycles. The van der Waals surface area contributed by atoms with Crippen LogP contribution in [0.3, 0.4) is 0 Å². The molecular formula is C30H25BrN2O3S.